The molecule has 0 heterocycles. The Morgan fingerprint density at radius 2 is 2.38 bits per heavy atom. The minimum Gasteiger partial charge on any atom is -0.378 e. The van der Waals surface area contributed by atoms with Gasteiger partial charge < -0.3 is 11.1 Å². The van der Waals surface area contributed by atoms with E-state index in [0.717, 1.165) is 29.5 Å². The summed E-state index contributed by atoms with van der Waals surface area (Å²) in [6, 6.07) is 7.86. The van der Waals surface area contributed by atoms with Crippen molar-refractivity contribution >= 4 is 17.3 Å². The van der Waals surface area contributed by atoms with Gasteiger partial charge in [-0.25, -0.2) is 0 Å². The highest BCUT2D eigenvalue weighted by Gasteiger charge is 2.35. The highest BCUT2D eigenvalue weighted by molar-refractivity contribution is 6.30. The molecule has 0 amide bonds. The molecule has 16 heavy (non-hydrogen) atoms. The lowest BCUT2D eigenvalue weighted by Gasteiger charge is -2.30. The Labute approximate surface area is 102 Å². The van der Waals surface area contributed by atoms with Crippen LogP contribution in [0.3, 0.4) is 0 Å². The molecule has 1 aromatic carbocycles. The van der Waals surface area contributed by atoms with Crippen LogP contribution in [0.1, 0.15) is 26.2 Å². The van der Waals surface area contributed by atoms with E-state index in [1.54, 1.807) is 0 Å². The number of hydrogen-bond acceptors (Lipinski definition) is 2. The summed E-state index contributed by atoms with van der Waals surface area (Å²) < 4.78 is 0. The smallest absolute Gasteiger partial charge is 0.0498 e. The van der Waals surface area contributed by atoms with E-state index >= 15 is 0 Å². The Hall–Kier alpha value is -0.730. The van der Waals surface area contributed by atoms with Crippen LogP contribution in [-0.4, -0.2) is 12.1 Å². The number of anilines is 1. The monoisotopic (exact) mass is 238 g/mol. The maximum Gasteiger partial charge on any atom is 0.0498 e. The summed E-state index contributed by atoms with van der Waals surface area (Å²) in [5.74, 6) is 0.759. The third-order valence-electron chi connectivity index (χ3n) is 3.48. The zero-order chi connectivity index (χ0) is 11.6. The van der Waals surface area contributed by atoms with Crippen molar-refractivity contribution < 1.29 is 0 Å². The number of nitrogens with two attached hydrogens (primary N) is 1. The van der Waals surface area contributed by atoms with Crippen LogP contribution in [0.25, 0.3) is 0 Å². The fourth-order valence-electron chi connectivity index (χ4n) is 2.62. The second-order valence-electron chi connectivity index (χ2n) is 4.97. The van der Waals surface area contributed by atoms with Gasteiger partial charge >= 0.3 is 0 Å². The van der Waals surface area contributed by atoms with Gasteiger partial charge in [0.15, 0.2) is 0 Å². The van der Waals surface area contributed by atoms with Crippen molar-refractivity contribution in [2.45, 2.75) is 31.7 Å². The molecule has 1 aliphatic carbocycles. The Balaban J connectivity index is 2.13. The minimum atomic E-state index is 0.0735. The molecule has 88 valence electrons. The molecule has 1 aromatic rings. The topological polar surface area (TPSA) is 38.0 Å². The lowest BCUT2D eigenvalue weighted by atomic mass is 9.96. The van der Waals surface area contributed by atoms with E-state index in [0.29, 0.717) is 6.54 Å². The molecule has 1 aliphatic rings. The van der Waals surface area contributed by atoms with Crippen LogP contribution >= 0.6 is 11.6 Å². The first-order valence-corrected chi connectivity index (χ1v) is 6.25. The molecule has 2 atom stereocenters. The summed E-state index contributed by atoms with van der Waals surface area (Å²) in [7, 11) is 0. The molecule has 0 bridgehead atoms. The Kier molecular flexibility index (Phi) is 3.41. The van der Waals surface area contributed by atoms with Crippen molar-refractivity contribution in [2.24, 2.45) is 11.7 Å². The average Bonchev–Trinajstić information content (AvgIpc) is 2.61. The molecule has 2 unspecified atom stereocenters. The van der Waals surface area contributed by atoms with Crippen molar-refractivity contribution in [3.63, 3.8) is 0 Å². The SMILES string of the molecule is CC1CCC(CN)(Nc2cccc(Cl)c2)C1. The molecule has 0 aromatic heterocycles. The zero-order valence-corrected chi connectivity index (χ0v) is 10.4. The van der Waals surface area contributed by atoms with Gasteiger partial charge in [0.25, 0.3) is 0 Å². The first kappa shape index (κ1) is 11.7. The van der Waals surface area contributed by atoms with Crippen molar-refractivity contribution in [2.75, 3.05) is 11.9 Å². The van der Waals surface area contributed by atoms with Crippen LogP contribution in [-0.2, 0) is 0 Å². The van der Waals surface area contributed by atoms with Crippen molar-refractivity contribution in [1.29, 1.82) is 0 Å². The first-order valence-electron chi connectivity index (χ1n) is 5.87. The molecular formula is C13H19ClN2. The molecule has 1 saturated carbocycles. The van der Waals surface area contributed by atoms with Crippen LogP contribution in [0.15, 0.2) is 24.3 Å². The van der Waals surface area contributed by atoms with Crippen molar-refractivity contribution in [1.82, 2.24) is 0 Å². The number of benzene rings is 1. The summed E-state index contributed by atoms with van der Waals surface area (Å²) in [6.07, 6.45) is 3.55. The molecule has 0 saturated heterocycles. The van der Waals surface area contributed by atoms with Crippen LogP contribution in [0.4, 0.5) is 5.69 Å². The maximum absolute atomic E-state index is 5.98. The zero-order valence-electron chi connectivity index (χ0n) is 9.67. The van der Waals surface area contributed by atoms with E-state index in [2.05, 4.69) is 12.2 Å². The quantitative estimate of drug-likeness (QED) is 0.848. The first-order chi connectivity index (χ1) is 7.63. The van der Waals surface area contributed by atoms with Gasteiger partial charge in [-0.15, -0.1) is 0 Å². The van der Waals surface area contributed by atoms with Gasteiger partial charge in [-0.3, -0.25) is 0 Å². The largest absolute Gasteiger partial charge is 0.378 e. The van der Waals surface area contributed by atoms with Gasteiger partial charge in [0.05, 0.1) is 0 Å². The minimum absolute atomic E-state index is 0.0735. The summed E-state index contributed by atoms with van der Waals surface area (Å²) in [5, 5.41) is 4.33. The lowest BCUT2D eigenvalue weighted by molar-refractivity contribution is 0.470. The molecule has 2 nitrogen and oxygen atoms in total. The van der Waals surface area contributed by atoms with Gasteiger partial charge in [-0.05, 0) is 43.4 Å². The maximum atomic E-state index is 5.98. The third kappa shape index (κ3) is 2.50. The predicted molar refractivity (Wildman–Crippen MR) is 69.9 cm³/mol. The van der Waals surface area contributed by atoms with E-state index in [4.69, 9.17) is 17.3 Å². The van der Waals surface area contributed by atoms with Crippen molar-refractivity contribution in [3.8, 4) is 0 Å². The molecule has 2 rings (SSSR count). The van der Waals surface area contributed by atoms with Crippen LogP contribution in [0, 0.1) is 5.92 Å². The number of nitrogens with one attached hydrogen (secondary N) is 1. The lowest BCUT2D eigenvalue weighted by Crippen LogP contribution is -2.43. The normalized spacial score (nSPS) is 29.3. The highest BCUT2D eigenvalue weighted by Crippen LogP contribution is 2.36. The summed E-state index contributed by atoms with van der Waals surface area (Å²) in [6.45, 7) is 2.97. The van der Waals surface area contributed by atoms with Crippen molar-refractivity contribution in [3.05, 3.63) is 29.3 Å². The average molecular weight is 239 g/mol. The summed E-state index contributed by atoms with van der Waals surface area (Å²) in [5.41, 5.74) is 7.07. The Morgan fingerprint density at radius 1 is 1.56 bits per heavy atom. The van der Waals surface area contributed by atoms with E-state index < -0.39 is 0 Å². The van der Waals surface area contributed by atoms with Crippen LogP contribution in [0.5, 0.6) is 0 Å². The number of halogens is 1. The van der Waals surface area contributed by atoms with E-state index in [1.165, 1.54) is 6.42 Å². The Bertz CT molecular complexity index is 367. The second kappa shape index (κ2) is 4.64. The van der Waals surface area contributed by atoms with Crippen LogP contribution < -0.4 is 11.1 Å². The fraction of sp³-hybridized carbons (Fsp3) is 0.538. The molecule has 3 heteroatoms. The molecule has 0 radical (unpaired) electrons. The van der Waals surface area contributed by atoms with E-state index in [9.17, 15) is 0 Å². The van der Waals surface area contributed by atoms with Gasteiger partial charge in [-0.2, -0.15) is 0 Å². The summed E-state index contributed by atoms with van der Waals surface area (Å²) >= 11 is 5.98. The van der Waals surface area contributed by atoms with E-state index in [1.807, 2.05) is 24.3 Å². The molecule has 0 aliphatic heterocycles. The predicted octanol–water partition coefficient (Wildman–Crippen LogP) is 3.27. The fourth-order valence-corrected chi connectivity index (χ4v) is 2.81. The summed E-state index contributed by atoms with van der Waals surface area (Å²) in [4.78, 5) is 0. The molecular weight excluding hydrogens is 220 g/mol. The number of rotatable bonds is 3. The molecule has 3 N–H and O–H groups in total. The third-order valence-corrected chi connectivity index (χ3v) is 3.71. The Morgan fingerprint density at radius 3 is 2.94 bits per heavy atom. The molecule has 0 spiro atoms. The van der Waals surface area contributed by atoms with Crippen LogP contribution in [0.2, 0.25) is 5.02 Å². The molecule has 1 fully saturated rings. The standard InChI is InChI=1S/C13H19ClN2/c1-10-5-6-13(8-10,9-15)16-12-4-2-3-11(14)7-12/h2-4,7,10,16H,5-6,8-9,15H2,1H3. The highest BCUT2D eigenvalue weighted by atomic mass is 35.5. The van der Waals surface area contributed by atoms with Gasteiger partial charge in [0.2, 0.25) is 0 Å². The number of hydrogen-bond donors (Lipinski definition) is 2. The van der Waals surface area contributed by atoms with E-state index in [-0.39, 0.29) is 5.54 Å². The van der Waals surface area contributed by atoms with Gasteiger partial charge in [0.1, 0.15) is 0 Å². The van der Waals surface area contributed by atoms with Gasteiger partial charge in [-0.1, -0.05) is 24.6 Å². The second-order valence-corrected chi connectivity index (χ2v) is 5.40. The van der Waals surface area contributed by atoms with Gasteiger partial charge in [0, 0.05) is 22.8 Å².